The highest BCUT2D eigenvalue weighted by Gasteiger charge is 2.25. The van der Waals surface area contributed by atoms with Gasteiger partial charge < -0.3 is 4.52 Å². The number of thioether (sulfide) groups is 1. The molecular weight excluding hydrogens is 396 g/mol. The van der Waals surface area contributed by atoms with Gasteiger partial charge in [0.15, 0.2) is 5.82 Å². The van der Waals surface area contributed by atoms with E-state index in [4.69, 9.17) is 4.52 Å². The number of hydrogen-bond donors (Lipinski definition) is 0. The molecule has 9 heteroatoms. The molecule has 3 rings (SSSR count). The van der Waals surface area contributed by atoms with Crippen LogP contribution in [-0.4, -0.2) is 40.9 Å². The summed E-state index contributed by atoms with van der Waals surface area (Å²) < 4.78 is 32.6. The van der Waals surface area contributed by atoms with Crippen LogP contribution in [0.1, 0.15) is 69.3 Å². The van der Waals surface area contributed by atoms with E-state index in [1.54, 1.807) is 16.4 Å². The molecule has 0 saturated carbocycles. The van der Waals surface area contributed by atoms with Gasteiger partial charge in [-0.3, -0.25) is 0 Å². The first kappa shape index (κ1) is 21.3. The molecule has 1 fully saturated rings. The maximum absolute atomic E-state index is 12.8. The standard InChI is InChI=1S/C19H28N4O3S2/c1-3-4-9-17-21-19(26-22-17)15(2)27-18-11-10-16(14-20-18)28(24,25)23-12-7-5-6-8-13-23/h10-11,14-15H,3-9,12-13H2,1-2H3/t15-/m1/s1. The van der Waals surface area contributed by atoms with Crippen molar-refractivity contribution in [3.63, 3.8) is 0 Å². The first-order valence-electron chi connectivity index (χ1n) is 9.96. The maximum Gasteiger partial charge on any atom is 0.244 e. The van der Waals surface area contributed by atoms with Gasteiger partial charge in [0.25, 0.3) is 0 Å². The average molecular weight is 425 g/mol. The van der Waals surface area contributed by atoms with Gasteiger partial charge in [0, 0.05) is 25.7 Å². The van der Waals surface area contributed by atoms with Gasteiger partial charge >= 0.3 is 0 Å². The Hall–Kier alpha value is -1.45. The van der Waals surface area contributed by atoms with Crippen LogP contribution in [0.3, 0.4) is 0 Å². The predicted octanol–water partition coefficient (Wildman–Crippen LogP) is 4.23. The zero-order chi connectivity index (χ0) is 20.0. The Morgan fingerprint density at radius 2 is 1.96 bits per heavy atom. The molecule has 0 N–H and O–H groups in total. The zero-order valence-corrected chi connectivity index (χ0v) is 18.1. The molecule has 1 aliphatic heterocycles. The number of unbranched alkanes of at least 4 members (excludes halogenated alkanes) is 1. The minimum atomic E-state index is -3.47. The molecule has 28 heavy (non-hydrogen) atoms. The molecule has 0 spiro atoms. The summed E-state index contributed by atoms with van der Waals surface area (Å²) in [6, 6.07) is 3.39. The minimum absolute atomic E-state index is 0.0524. The molecule has 1 aliphatic rings. The van der Waals surface area contributed by atoms with Crippen molar-refractivity contribution in [2.75, 3.05) is 13.1 Å². The molecular formula is C19H28N4O3S2. The quantitative estimate of drug-likeness (QED) is 0.586. The third kappa shape index (κ3) is 5.33. The first-order chi connectivity index (χ1) is 13.5. The predicted molar refractivity (Wildman–Crippen MR) is 109 cm³/mol. The molecule has 0 unspecified atom stereocenters. The fourth-order valence-corrected chi connectivity index (χ4v) is 5.40. The summed E-state index contributed by atoms with van der Waals surface area (Å²) in [6.45, 7) is 5.29. The number of rotatable bonds is 8. The number of aromatic nitrogens is 3. The fraction of sp³-hybridized carbons (Fsp3) is 0.632. The second-order valence-corrected chi connectivity index (χ2v) is 10.4. The number of nitrogens with zero attached hydrogens (tertiary/aromatic N) is 4. The highest BCUT2D eigenvalue weighted by atomic mass is 32.2. The van der Waals surface area contributed by atoms with Gasteiger partial charge in [0.2, 0.25) is 15.9 Å². The van der Waals surface area contributed by atoms with Crippen molar-refractivity contribution >= 4 is 21.8 Å². The van der Waals surface area contributed by atoms with E-state index in [2.05, 4.69) is 22.0 Å². The fourth-order valence-electron chi connectivity index (χ4n) is 3.12. The van der Waals surface area contributed by atoms with Gasteiger partial charge in [0.1, 0.15) is 4.90 Å². The number of aryl methyl sites for hydroxylation is 1. The Balaban J connectivity index is 1.64. The normalized spacial score (nSPS) is 17.4. The van der Waals surface area contributed by atoms with E-state index in [9.17, 15) is 8.42 Å². The molecule has 154 valence electrons. The van der Waals surface area contributed by atoms with E-state index in [1.165, 1.54) is 18.0 Å². The van der Waals surface area contributed by atoms with Crippen molar-refractivity contribution in [1.29, 1.82) is 0 Å². The Morgan fingerprint density at radius 1 is 1.21 bits per heavy atom. The molecule has 0 amide bonds. The summed E-state index contributed by atoms with van der Waals surface area (Å²) in [4.78, 5) is 9.05. The summed E-state index contributed by atoms with van der Waals surface area (Å²) in [5, 5.41) is 4.70. The van der Waals surface area contributed by atoms with E-state index in [0.717, 1.165) is 55.8 Å². The smallest absolute Gasteiger partial charge is 0.244 e. The van der Waals surface area contributed by atoms with Crippen molar-refractivity contribution in [1.82, 2.24) is 19.4 Å². The van der Waals surface area contributed by atoms with E-state index >= 15 is 0 Å². The highest BCUT2D eigenvalue weighted by Crippen LogP contribution is 2.33. The molecule has 3 heterocycles. The van der Waals surface area contributed by atoms with Gasteiger partial charge in [-0.15, -0.1) is 0 Å². The number of hydrogen-bond acceptors (Lipinski definition) is 7. The largest absolute Gasteiger partial charge is 0.338 e. The van der Waals surface area contributed by atoms with Crippen molar-refractivity contribution in [2.24, 2.45) is 0 Å². The molecule has 1 atom stereocenters. The van der Waals surface area contributed by atoms with Gasteiger partial charge in [-0.1, -0.05) is 43.1 Å². The van der Waals surface area contributed by atoms with E-state index in [1.807, 2.05) is 6.92 Å². The molecule has 7 nitrogen and oxygen atoms in total. The van der Waals surface area contributed by atoms with Crippen molar-refractivity contribution < 1.29 is 12.9 Å². The van der Waals surface area contributed by atoms with Crippen LogP contribution in [-0.2, 0) is 16.4 Å². The van der Waals surface area contributed by atoms with Crippen LogP contribution in [0.15, 0.2) is 32.8 Å². The zero-order valence-electron chi connectivity index (χ0n) is 16.5. The summed E-state index contributed by atoms with van der Waals surface area (Å²) in [5.41, 5.74) is 0. The average Bonchev–Trinajstić information content (AvgIpc) is 2.99. The van der Waals surface area contributed by atoms with Gasteiger partial charge in [-0.05, 0) is 38.3 Å². The monoisotopic (exact) mass is 424 g/mol. The van der Waals surface area contributed by atoms with Crippen LogP contribution in [0.2, 0.25) is 0 Å². The second-order valence-electron chi connectivity index (χ2n) is 7.06. The van der Waals surface area contributed by atoms with Crippen LogP contribution in [0, 0.1) is 0 Å². The topological polar surface area (TPSA) is 89.2 Å². The van der Waals surface area contributed by atoms with Gasteiger partial charge in [0.05, 0.1) is 10.3 Å². The van der Waals surface area contributed by atoms with E-state index in [0.29, 0.717) is 19.0 Å². The lowest BCUT2D eigenvalue weighted by Crippen LogP contribution is -2.32. The summed E-state index contributed by atoms with van der Waals surface area (Å²) in [6.07, 6.45) is 8.42. The second kappa shape index (κ2) is 9.84. The van der Waals surface area contributed by atoms with E-state index < -0.39 is 10.0 Å². The third-order valence-electron chi connectivity index (χ3n) is 4.80. The summed E-state index contributed by atoms with van der Waals surface area (Å²) >= 11 is 1.48. The lowest BCUT2D eigenvalue weighted by atomic mass is 10.2. The van der Waals surface area contributed by atoms with Crippen LogP contribution in [0.4, 0.5) is 0 Å². The minimum Gasteiger partial charge on any atom is -0.338 e. The molecule has 1 saturated heterocycles. The Kier molecular flexibility index (Phi) is 7.48. The molecule has 2 aromatic rings. The van der Waals surface area contributed by atoms with Crippen LogP contribution in [0.25, 0.3) is 0 Å². The summed E-state index contributed by atoms with van der Waals surface area (Å²) in [5.74, 6) is 1.30. The molecule has 2 aromatic heterocycles. The third-order valence-corrected chi connectivity index (χ3v) is 7.72. The lowest BCUT2D eigenvalue weighted by molar-refractivity contribution is 0.374. The highest BCUT2D eigenvalue weighted by molar-refractivity contribution is 7.99. The van der Waals surface area contributed by atoms with E-state index in [-0.39, 0.29) is 10.1 Å². The first-order valence-corrected chi connectivity index (χ1v) is 12.3. The Bertz CT molecular complexity index is 844. The molecule has 0 bridgehead atoms. The van der Waals surface area contributed by atoms with Crippen LogP contribution >= 0.6 is 11.8 Å². The molecule has 0 aromatic carbocycles. The summed E-state index contributed by atoms with van der Waals surface area (Å²) in [7, 11) is -3.47. The number of pyridine rings is 1. The van der Waals surface area contributed by atoms with Crippen LogP contribution in [0.5, 0.6) is 0 Å². The van der Waals surface area contributed by atoms with Gasteiger partial charge in [-0.25, -0.2) is 13.4 Å². The molecule has 0 radical (unpaired) electrons. The number of sulfonamides is 1. The van der Waals surface area contributed by atoms with Gasteiger partial charge in [-0.2, -0.15) is 9.29 Å². The SMILES string of the molecule is CCCCc1noc([C@@H](C)Sc2ccc(S(=O)(=O)N3CCCCCC3)cn2)n1. The van der Waals surface area contributed by atoms with Crippen LogP contribution < -0.4 is 0 Å². The Labute approximate surface area is 171 Å². The Morgan fingerprint density at radius 3 is 2.61 bits per heavy atom. The molecule has 0 aliphatic carbocycles. The van der Waals surface area contributed by atoms with Crippen molar-refractivity contribution in [3.8, 4) is 0 Å². The maximum atomic E-state index is 12.8. The van der Waals surface area contributed by atoms with Crippen molar-refractivity contribution in [2.45, 2.75) is 74.0 Å². The van der Waals surface area contributed by atoms with Crippen molar-refractivity contribution in [3.05, 3.63) is 30.0 Å². The lowest BCUT2D eigenvalue weighted by Gasteiger charge is -2.19.